The molecule has 3 saturated heterocycles. The Morgan fingerprint density at radius 3 is 1.69 bits per heavy atom. The van der Waals surface area contributed by atoms with Gasteiger partial charge in [-0.25, -0.2) is 4.79 Å². The van der Waals surface area contributed by atoms with Crippen molar-refractivity contribution in [2.45, 2.75) is 125 Å². The van der Waals surface area contributed by atoms with Gasteiger partial charge in [-0.2, -0.15) is 0 Å². The number of carbonyl (C=O) groups is 9. The second-order valence-electron chi connectivity index (χ2n) is 19.2. The van der Waals surface area contributed by atoms with Crippen molar-refractivity contribution in [1.29, 1.82) is 0 Å². The molecule has 2 aromatic carbocycles. The maximum atomic E-state index is 14.1. The van der Waals surface area contributed by atoms with Gasteiger partial charge in [0.15, 0.2) is 11.9 Å². The molecule has 0 bridgehead atoms. The van der Waals surface area contributed by atoms with E-state index in [9.17, 15) is 58.5 Å². The minimum Gasteiger partial charge on any atom is -0.480 e. The molecule has 9 unspecified atom stereocenters. The van der Waals surface area contributed by atoms with Crippen LogP contribution >= 0.6 is 0 Å². The summed E-state index contributed by atoms with van der Waals surface area (Å²) >= 11 is 0. The lowest BCUT2D eigenvalue weighted by molar-refractivity contribution is -0.147. The number of β-amino-alcohol motifs (C(OH)–C–C–N with tert-alkyl or cyclic N) is 1. The number of aliphatic carboxylic acids is 1. The van der Waals surface area contributed by atoms with Crippen molar-refractivity contribution in [3.63, 3.8) is 0 Å². The van der Waals surface area contributed by atoms with Crippen LogP contribution in [0.25, 0.3) is 0 Å². The van der Waals surface area contributed by atoms with Gasteiger partial charge in [0, 0.05) is 52.0 Å². The summed E-state index contributed by atoms with van der Waals surface area (Å²) in [6.07, 6.45) is 0.761. The molecular weight excluding hydrogens is 1000 g/mol. The van der Waals surface area contributed by atoms with Gasteiger partial charge in [-0.1, -0.05) is 60.7 Å². The average molecular weight is 1080 g/mol. The lowest BCUT2D eigenvalue weighted by atomic mass is 10.0. The zero-order chi connectivity index (χ0) is 56.2. The molecule has 27 heteroatoms. The second-order valence-corrected chi connectivity index (χ2v) is 19.2. The Hall–Kier alpha value is -7.91. The fraction of sp³-hybridized carbons (Fsp3) is 0.540. The number of rotatable bonds is 27. The lowest BCUT2D eigenvalue weighted by Gasteiger charge is -2.32. The summed E-state index contributed by atoms with van der Waals surface area (Å²) in [7, 11) is 0. The third-order valence-electron chi connectivity index (χ3n) is 13.4. The first-order chi connectivity index (χ1) is 36.8. The number of amides is 8. The van der Waals surface area contributed by atoms with Gasteiger partial charge in [-0.05, 0) is 62.5 Å². The van der Waals surface area contributed by atoms with Crippen molar-refractivity contribution in [2.75, 3.05) is 45.9 Å². The van der Waals surface area contributed by atoms with E-state index < -0.39 is 121 Å². The molecule has 8 amide bonds. The Bertz CT molecular complexity index is 2440. The molecule has 27 nitrogen and oxygen atoms in total. The van der Waals surface area contributed by atoms with E-state index in [4.69, 9.17) is 28.7 Å². The fourth-order valence-electron chi connectivity index (χ4n) is 9.55. The highest BCUT2D eigenvalue weighted by molar-refractivity contribution is 5.98. The van der Waals surface area contributed by atoms with Crippen molar-refractivity contribution >= 4 is 65.1 Å². The summed E-state index contributed by atoms with van der Waals surface area (Å²) in [6.45, 7) is -1.13. The van der Waals surface area contributed by atoms with Crippen LogP contribution in [0, 0.1) is 0 Å². The summed E-state index contributed by atoms with van der Waals surface area (Å²) in [6, 6.07) is 7.30. The number of hydrogen-bond donors (Lipinski definition) is 13. The molecule has 3 aliphatic heterocycles. The molecule has 3 fully saturated rings. The van der Waals surface area contributed by atoms with E-state index in [1.165, 1.54) is 14.7 Å². The van der Waals surface area contributed by atoms with Crippen LogP contribution in [0.2, 0.25) is 0 Å². The quantitative estimate of drug-likeness (QED) is 0.0226. The number of aliphatic hydroxyl groups excluding tert-OH is 2. The lowest BCUT2D eigenvalue weighted by Crippen LogP contribution is -2.60. The maximum Gasteiger partial charge on any atom is 0.326 e. The van der Waals surface area contributed by atoms with Crippen LogP contribution in [0.1, 0.15) is 68.9 Å². The van der Waals surface area contributed by atoms with Crippen molar-refractivity contribution in [3.8, 4) is 0 Å². The SMILES string of the molecule is NC(N)=NCCCC(N)C(=O)N1CCCC1C(=O)N1CC(O)CC1C(=O)NCC(=O)NC(Cc1ccccc1)C(=O)NC(CO)C(=O)N1CCCC1C(=O)NC(Cc1ccccc1)C(=O)NC(CCCN=C(N)N)C(=O)O. The molecule has 3 aliphatic rings. The van der Waals surface area contributed by atoms with E-state index in [1.54, 1.807) is 60.7 Å². The molecule has 9 atom stereocenters. The number of likely N-dealkylation sites (tertiary alicyclic amines) is 3. The summed E-state index contributed by atoms with van der Waals surface area (Å²) in [5.41, 5.74) is 28.9. The monoisotopic (exact) mass is 1080 g/mol. The van der Waals surface area contributed by atoms with E-state index in [0.717, 1.165) is 0 Å². The molecule has 3 heterocycles. The number of aliphatic hydroxyl groups is 2. The smallest absolute Gasteiger partial charge is 0.326 e. The zero-order valence-corrected chi connectivity index (χ0v) is 42.8. The summed E-state index contributed by atoms with van der Waals surface area (Å²) < 4.78 is 0. The van der Waals surface area contributed by atoms with Gasteiger partial charge in [-0.15, -0.1) is 0 Å². The highest BCUT2D eigenvalue weighted by atomic mass is 16.4. The van der Waals surface area contributed by atoms with Crippen LogP contribution in [-0.4, -0.2) is 195 Å². The molecule has 77 heavy (non-hydrogen) atoms. The normalized spacial score (nSPS) is 19.9. The van der Waals surface area contributed by atoms with Crippen LogP contribution in [0.15, 0.2) is 70.6 Å². The third-order valence-corrected chi connectivity index (χ3v) is 13.4. The third kappa shape index (κ3) is 17.8. The van der Waals surface area contributed by atoms with Crippen molar-refractivity contribution in [3.05, 3.63) is 71.8 Å². The fourth-order valence-corrected chi connectivity index (χ4v) is 9.55. The number of carbonyl (C=O) groups excluding carboxylic acids is 8. The van der Waals surface area contributed by atoms with Gasteiger partial charge in [0.2, 0.25) is 47.3 Å². The number of nitrogens with two attached hydrogens (primary N) is 5. The predicted molar refractivity (Wildman–Crippen MR) is 279 cm³/mol. The van der Waals surface area contributed by atoms with Gasteiger partial charge in [0.25, 0.3) is 0 Å². The topological polar surface area (TPSA) is 439 Å². The Morgan fingerprint density at radius 1 is 0.623 bits per heavy atom. The standard InChI is InChI=1S/C50H73N15O12/c51-32(15-7-19-56-49(52)53)45(73)64-22-10-18-38(64)47(75)65-27-31(67)25-39(65)43(71)58-26-40(68)59-34(23-29-11-3-1-4-12-29)41(69)62-36(28-66)46(74)63-21-9-17-37(63)44(72)61-35(24-30-13-5-2-6-14-30)42(70)60-33(48(76)77)16-8-20-57-50(54)55/h1-6,11-14,31-39,66-67H,7-10,15-28,51H2,(H,58,71)(H,59,68)(H,60,70)(H,61,72)(H,62,69)(H,76,77)(H4,52,53,56)(H4,54,55,57). The number of carboxylic acid groups (broad SMARTS) is 1. The molecule has 2 aromatic rings. The predicted octanol–water partition coefficient (Wildman–Crippen LogP) is -5.02. The molecule has 0 aliphatic carbocycles. The molecule has 0 spiro atoms. The van der Waals surface area contributed by atoms with Crippen LogP contribution < -0.4 is 55.3 Å². The first-order valence-electron chi connectivity index (χ1n) is 25.6. The first-order valence-corrected chi connectivity index (χ1v) is 25.6. The van der Waals surface area contributed by atoms with Crippen molar-refractivity contribution in [1.82, 2.24) is 41.3 Å². The molecule has 0 radical (unpaired) electrons. The molecule has 18 N–H and O–H groups in total. The van der Waals surface area contributed by atoms with E-state index in [1.807, 2.05) is 0 Å². The van der Waals surface area contributed by atoms with Crippen LogP contribution in [0.5, 0.6) is 0 Å². The Kier molecular flexibility index (Phi) is 22.9. The van der Waals surface area contributed by atoms with Crippen LogP contribution in [0.4, 0.5) is 0 Å². The summed E-state index contributed by atoms with van der Waals surface area (Å²) in [4.78, 5) is 134. The Morgan fingerprint density at radius 2 is 1.14 bits per heavy atom. The Labute approximate surface area is 445 Å². The van der Waals surface area contributed by atoms with Crippen LogP contribution in [-0.2, 0) is 56.0 Å². The highest BCUT2D eigenvalue weighted by Crippen LogP contribution is 2.26. The zero-order valence-electron chi connectivity index (χ0n) is 42.8. The van der Waals surface area contributed by atoms with Gasteiger partial charge < -0.3 is 85.3 Å². The molecule has 420 valence electrons. The van der Waals surface area contributed by atoms with E-state index in [2.05, 4.69) is 36.6 Å². The van der Waals surface area contributed by atoms with Gasteiger partial charge in [-0.3, -0.25) is 48.3 Å². The van der Waals surface area contributed by atoms with E-state index in [0.29, 0.717) is 36.8 Å². The minimum absolute atomic E-state index is 0.0291. The minimum atomic E-state index is -1.61. The van der Waals surface area contributed by atoms with E-state index in [-0.39, 0.29) is 89.6 Å². The van der Waals surface area contributed by atoms with Gasteiger partial charge in [0.05, 0.1) is 25.3 Å². The number of nitrogens with one attached hydrogen (secondary N) is 5. The number of hydrogen-bond acceptors (Lipinski definition) is 14. The highest BCUT2D eigenvalue weighted by Gasteiger charge is 2.46. The maximum absolute atomic E-state index is 14.1. The molecule has 0 aromatic heterocycles. The van der Waals surface area contributed by atoms with Gasteiger partial charge >= 0.3 is 5.97 Å². The number of benzene rings is 2. The number of nitrogens with zero attached hydrogens (tertiary/aromatic N) is 5. The van der Waals surface area contributed by atoms with Crippen molar-refractivity contribution in [2.24, 2.45) is 38.7 Å². The summed E-state index contributed by atoms with van der Waals surface area (Å²) in [5, 5.41) is 43.8. The number of carboxylic acids is 1. The first kappa shape index (κ1) is 60.0. The van der Waals surface area contributed by atoms with Gasteiger partial charge in [0.1, 0.15) is 42.3 Å². The molecule has 5 rings (SSSR count). The summed E-state index contributed by atoms with van der Waals surface area (Å²) in [5.74, 6) is -7.50. The second kappa shape index (κ2) is 29.4. The number of aliphatic imine (C=N–C) groups is 2. The average Bonchev–Trinajstić information content (AvgIpc) is 4.20. The van der Waals surface area contributed by atoms with E-state index >= 15 is 0 Å². The van der Waals surface area contributed by atoms with Crippen LogP contribution in [0.3, 0.4) is 0 Å². The van der Waals surface area contributed by atoms with Crippen molar-refractivity contribution < 1.29 is 58.5 Å². The molecular formula is C50H73N15O12. The molecule has 0 saturated carbocycles. The Balaban J connectivity index is 1.22. The number of guanidine groups is 2. The largest absolute Gasteiger partial charge is 0.480 e.